The molecule has 2 N–H and O–H groups in total. The van der Waals surface area contributed by atoms with E-state index in [1.807, 2.05) is 6.20 Å². The van der Waals surface area contributed by atoms with E-state index in [-0.39, 0.29) is 18.6 Å². The lowest BCUT2D eigenvalue weighted by Gasteiger charge is -2.28. The first-order valence-corrected chi connectivity index (χ1v) is 11.6. The first kappa shape index (κ1) is 23.2. The van der Waals surface area contributed by atoms with Crippen LogP contribution in [-0.2, 0) is 0 Å². The van der Waals surface area contributed by atoms with Gasteiger partial charge in [0.05, 0.1) is 17.3 Å². The molecule has 0 radical (unpaired) electrons. The van der Waals surface area contributed by atoms with Gasteiger partial charge in [0.25, 0.3) is 5.91 Å². The molecule has 176 valence electrons. The minimum absolute atomic E-state index is 0.0582. The fourth-order valence-electron chi connectivity index (χ4n) is 4.60. The average molecular weight is 457 g/mol. The van der Waals surface area contributed by atoms with E-state index in [1.54, 1.807) is 10.7 Å². The Hall–Kier alpha value is -3.00. The summed E-state index contributed by atoms with van der Waals surface area (Å²) in [7, 11) is 0. The van der Waals surface area contributed by atoms with Gasteiger partial charge >= 0.3 is 0 Å². The lowest BCUT2D eigenvalue weighted by atomic mass is 9.86. The van der Waals surface area contributed by atoms with Gasteiger partial charge < -0.3 is 15.3 Å². The van der Waals surface area contributed by atoms with Gasteiger partial charge in [-0.2, -0.15) is 5.10 Å². The van der Waals surface area contributed by atoms with Crippen molar-refractivity contribution in [1.29, 1.82) is 0 Å². The molecule has 1 saturated heterocycles. The maximum absolute atomic E-state index is 12.8. The van der Waals surface area contributed by atoms with E-state index in [1.165, 1.54) is 12.8 Å². The molecule has 3 heterocycles. The van der Waals surface area contributed by atoms with E-state index in [0.29, 0.717) is 11.5 Å². The molecule has 2 aromatic heterocycles. The Bertz CT molecular complexity index is 1040. The number of nitrogens with one attached hydrogen (secondary N) is 1. The highest BCUT2D eigenvalue weighted by Crippen LogP contribution is 2.26. The predicted octanol–water partition coefficient (Wildman–Crippen LogP) is 4.18. The van der Waals surface area contributed by atoms with E-state index in [0.717, 1.165) is 74.2 Å². The number of hydrogen-bond donors (Lipinski definition) is 2. The zero-order valence-corrected chi connectivity index (χ0v) is 18.6. The fourth-order valence-corrected chi connectivity index (χ4v) is 4.60. The molecule has 33 heavy (non-hydrogen) atoms. The van der Waals surface area contributed by atoms with Crippen molar-refractivity contribution in [2.45, 2.75) is 44.6 Å². The van der Waals surface area contributed by atoms with Gasteiger partial charge in [-0.15, -0.1) is 0 Å². The molecule has 0 bridgehead atoms. The number of aliphatic hydroxyl groups excluding tert-OH is 1. The molecular formula is C25H30F2N4O2. The topological polar surface area (TPSA) is 69.9 Å². The number of rotatable bonds is 4. The summed E-state index contributed by atoms with van der Waals surface area (Å²) < 4.78 is 25.6. The normalized spacial score (nSPS) is 20.4. The summed E-state index contributed by atoms with van der Waals surface area (Å²) >= 11 is 0. The molecule has 6 nitrogen and oxygen atoms in total. The molecule has 1 amide bonds. The van der Waals surface area contributed by atoms with Gasteiger partial charge in [-0.3, -0.25) is 4.79 Å². The van der Waals surface area contributed by atoms with Crippen molar-refractivity contribution in [3.63, 3.8) is 0 Å². The third kappa shape index (κ3) is 5.87. The average Bonchev–Trinajstić information content (AvgIpc) is 3.51. The molecule has 2 atom stereocenters. The molecule has 1 aliphatic heterocycles. The minimum Gasteiger partial charge on any atom is -0.396 e. The smallest absolute Gasteiger partial charge is 0.255 e. The number of fused-ring (bicyclic) bond motifs is 1. The fraction of sp³-hybridized carbons (Fsp3) is 0.440. The van der Waals surface area contributed by atoms with Crippen molar-refractivity contribution in [3.05, 3.63) is 66.0 Å². The quantitative estimate of drug-likeness (QED) is 0.618. The van der Waals surface area contributed by atoms with Gasteiger partial charge in [0.2, 0.25) is 0 Å². The van der Waals surface area contributed by atoms with Gasteiger partial charge in [0, 0.05) is 37.6 Å². The number of hydrogen-bond acceptors (Lipinski definition) is 4. The zero-order chi connectivity index (χ0) is 23.2. The van der Waals surface area contributed by atoms with E-state index in [2.05, 4.69) is 27.4 Å². The number of carbonyl (C=O) groups is 1. The van der Waals surface area contributed by atoms with Gasteiger partial charge in [-0.25, -0.2) is 13.3 Å². The molecule has 8 heteroatoms. The number of benzene rings is 1. The number of aromatic nitrogens is 2. The van der Waals surface area contributed by atoms with Crippen LogP contribution in [-0.4, -0.2) is 46.4 Å². The standard InChI is InChI=1S/C19H26N4O2.C6H4F2/c24-13-14-4-3-5-15(10-14)21-19(25)17-12-20-23-9-6-16(11-18(17)23)22-7-1-2-8-22;7-5-1-2-6(8)4-3-5/h6,9,11-12,14-15,24H,1-5,7-8,10,13H2,(H,21,25);1-4H. The third-order valence-electron chi connectivity index (χ3n) is 6.40. The van der Waals surface area contributed by atoms with Crippen LogP contribution in [0, 0.1) is 17.6 Å². The van der Waals surface area contributed by atoms with Crippen LogP contribution in [0.4, 0.5) is 14.5 Å². The highest BCUT2D eigenvalue weighted by Gasteiger charge is 2.24. The summed E-state index contributed by atoms with van der Waals surface area (Å²) in [5.41, 5.74) is 2.65. The second kappa shape index (κ2) is 10.7. The first-order valence-electron chi connectivity index (χ1n) is 11.6. The lowest BCUT2D eigenvalue weighted by Crippen LogP contribution is -2.39. The molecular weight excluding hydrogens is 426 g/mol. The molecule has 5 rings (SSSR count). The SMILES string of the molecule is Fc1ccc(F)cc1.O=C(NC1CCCC(CO)C1)c1cnn2ccc(N3CCCC3)cc12. The molecule has 2 unspecified atom stereocenters. The van der Waals surface area contributed by atoms with Crippen LogP contribution in [0.25, 0.3) is 5.52 Å². The predicted molar refractivity (Wildman–Crippen MR) is 123 cm³/mol. The monoisotopic (exact) mass is 456 g/mol. The molecule has 1 aromatic carbocycles. The molecule has 3 aromatic rings. The van der Waals surface area contributed by atoms with Crippen LogP contribution >= 0.6 is 0 Å². The van der Waals surface area contributed by atoms with E-state index in [9.17, 15) is 18.7 Å². The zero-order valence-electron chi connectivity index (χ0n) is 18.6. The summed E-state index contributed by atoms with van der Waals surface area (Å²) in [6.45, 7) is 2.37. The van der Waals surface area contributed by atoms with Crippen LogP contribution in [0.2, 0.25) is 0 Å². The Morgan fingerprint density at radius 1 is 1.06 bits per heavy atom. The Morgan fingerprint density at radius 2 is 1.76 bits per heavy atom. The van der Waals surface area contributed by atoms with Crippen LogP contribution in [0.5, 0.6) is 0 Å². The van der Waals surface area contributed by atoms with Crippen molar-refractivity contribution >= 4 is 17.1 Å². The summed E-state index contributed by atoms with van der Waals surface area (Å²) in [6.07, 6.45) is 10.0. The van der Waals surface area contributed by atoms with Crippen LogP contribution in [0.3, 0.4) is 0 Å². The summed E-state index contributed by atoms with van der Waals surface area (Å²) in [6, 6.07) is 8.61. The third-order valence-corrected chi connectivity index (χ3v) is 6.40. The van der Waals surface area contributed by atoms with Crippen LogP contribution in [0.15, 0.2) is 48.8 Å². The van der Waals surface area contributed by atoms with Crippen molar-refractivity contribution in [1.82, 2.24) is 14.9 Å². The van der Waals surface area contributed by atoms with Crippen molar-refractivity contribution < 1.29 is 18.7 Å². The maximum atomic E-state index is 12.8. The maximum Gasteiger partial charge on any atom is 0.255 e. The van der Waals surface area contributed by atoms with E-state index >= 15 is 0 Å². The van der Waals surface area contributed by atoms with Crippen LogP contribution in [0.1, 0.15) is 48.9 Å². The van der Waals surface area contributed by atoms with Crippen LogP contribution < -0.4 is 10.2 Å². The molecule has 0 spiro atoms. The van der Waals surface area contributed by atoms with Crippen molar-refractivity contribution in [3.8, 4) is 0 Å². The molecule has 2 fully saturated rings. The summed E-state index contributed by atoms with van der Waals surface area (Å²) in [5.74, 6) is -0.570. The number of amides is 1. The van der Waals surface area contributed by atoms with Gasteiger partial charge in [-0.1, -0.05) is 6.42 Å². The molecule has 1 aliphatic carbocycles. The van der Waals surface area contributed by atoms with E-state index < -0.39 is 11.6 Å². The van der Waals surface area contributed by atoms with Gasteiger partial charge in [0.15, 0.2) is 0 Å². The lowest BCUT2D eigenvalue weighted by molar-refractivity contribution is 0.0907. The highest BCUT2D eigenvalue weighted by molar-refractivity contribution is 6.01. The number of carbonyl (C=O) groups excluding carboxylic acids is 1. The Labute approximate surface area is 192 Å². The second-order valence-electron chi connectivity index (χ2n) is 8.79. The summed E-state index contributed by atoms with van der Waals surface area (Å²) in [5, 5.41) is 16.9. The van der Waals surface area contributed by atoms with Crippen molar-refractivity contribution in [2.75, 3.05) is 24.6 Å². The van der Waals surface area contributed by atoms with E-state index in [4.69, 9.17) is 0 Å². The van der Waals surface area contributed by atoms with Crippen molar-refractivity contribution in [2.24, 2.45) is 5.92 Å². The second-order valence-corrected chi connectivity index (χ2v) is 8.79. The number of pyridine rings is 1. The highest BCUT2D eigenvalue weighted by atomic mass is 19.1. The largest absolute Gasteiger partial charge is 0.396 e. The van der Waals surface area contributed by atoms with Gasteiger partial charge in [-0.05, 0) is 74.4 Å². The summed E-state index contributed by atoms with van der Waals surface area (Å²) in [4.78, 5) is 15.1. The molecule has 1 saturated carbocycles. The number of halogens is 2. The first-order chi connectivity index (χ1) is 16.0. The Balaban J connectivity index is 0.000000275. The Morgan fingerprint density at radius 3 is 2.42 bits per heavy atom. The number of anilines is 1. The number of aliphatic hydroxyl groups is 1. The Kier molecular flexibility index (Phi) is 7.54. The molecule has 2 aliphatic rings. The number of nitrogens with zero attached hydrogens (tertiary/aromatic N) is 3. The minimum atomic E-state index is -0.411. The van der Waals surface area contributed by atoms with Gasteiger partial charge in [0.1, 0.15) is 11.6 Å².